The van der Waals surface area contributed by atoms with E-state index >= 15 is 0 Å². The molecule has 0 amide bonds. The van der Waals surface area contributed by atoms with Crippen LogP contribution < -0.4 is 0 Å². The maximum absolute atomic E-state index is 3.13. The molecule has 0 saturated heterocycles. The Hall–Kier alpha value is -1.24. The summed E-state index contributed by atoms with van der Waals surface area (Å²) in [5.41, 5.74) is 2.57. The number of hydrogen-bond acceptors (Lipinski definition) is 0. The molecular formula is C10H10N. The Morgan fingerprint density at radius 1 is 1.36 bits per heavy atom. The van der Waals surface area contributed by atoms with Gasteiger partial charge in [0, 0.05) is 18.0 Å². The van der Waals surface area contributed by atoms with Crippen molar-refractivity contribution in [3.8, 4) is 0 Å². The van der Waals surface area contributed by atoms with Gasteiger partial charge in [-0.15, -0.1) is 0 Å². The molecule has 1 nitrogen and oxygen atoms in total. The average Bonchev–Trinajstić information content (AvgIpc) is 2.35. The van der Waals surface area contributed by atoms with Crippen LogP contribution in [0.5, 0.6) is 0 Å². The van der Waals surface area contributed by atoms with Gasteiger partial charge in [-0.1, -0.05) is 12.1 Å². The van der Waals surface area contributed by atoms with Gasteiger partial charge in [0.2, 0.25) is 0 Å². The summed E-state index contributed by atoms with van der Waals surface area (Å²) in [4.78, 5) is 0. The van der Waals surface area contributed by atoms with E-state index in [9.17, 15) is 0 Å². The first-order valence-electron chi connectivity index (χ1n) is 3.72. The van der Waals surface area contributed by atoms with E-state index in [0.717, 1.165) is 0 Å². The Kier molecular flexibility index (Phi) is 1.25. The van der Waals surface area contributed by atoms with E-state index in [-0.39, 0.29) is 0 Å². The molecule has 0 N–H and O–H groups in total. The van der Waals surface area contributed by atoms with Gasteiger partial charge in [-0.2, -0.15) is 0 Å². The van der Waals surface area contributed by atoms with Gasteiger partial charge in [-0.05, 0) is 24.6 Å². The SMILES string of the molecule is Cc1cccc2c1c[c]n2C. The van der Waals surface area contributed by atoms with Crippen molar-refractivity contribution in [2.75, 3.05) is 0 Å². The predicted molar refractivity (Wildman–Crippen MR) is 46.5 cm³/mol. The number of rotatable bonds is 0. The largest absolute Gasteiger partial charge is 0.342 e. The zero-order chi connectivity index (χ0) is 7.84. The van der Waals surface area contributed by atoms with Crippen LogP contribution in [0, 0.1) is 13.1 Å². The molecule has 1 aromatic heterocycles. The van der Waals surface area contributed by atoms with E-state index in [1.807, 2.05) is 17.7 Å². The van der Waals surface area contributed by atoms with E-state index in [2.05, 4.69) is 31.3 Å². The van der Waals surface area contributed by atoms with Crippen LogP contribution in [0.4, 0.5) is 0 Å². The van der Waals surface area contributed by atoms with E-state index in [0.29, 0.717) is 0 Å². The third kappa shape index (κ3) is 0.845. The highest BCUT2D eigenvalue weighted by molar-refractivity contribution is 5.83. The van der Waals surface area contributed by atoms with Crippen molar-refractivity contribution < 1.29 is 0 Å². The van der Waals surface area contributed by atoms with Crippen molar-refractivity contribution in [3.63, 3.8) is 0 Å². The maximum Gasteiger partial charge on any atom is 0.0656 e. The lowest BCUT2D eigenvalue weighted by molar-refractivity contribution is 0.960. The van der Waals surface area contributed by atoms with Crippen molar-refractivity contribution in [1.82, 2.24) is 4.57 Å². The van der Waals surface area contributed by atoms with Gasteiger partial charge in [0.25, 0.3) is 0 Å². The number of benzene rings is 1. The smallest absolute Gasteiger partial charge is 0.0656 e. The summed E-state index contributed by atoms with van der Waals surface area (Å²) in [5, 5.41) is 1.30. The van der Waals surface area contributed by atoms with Crippen molar-refractivity contribution in [2.45, 2.75) is 6.92 Å². The molecule has 55 valence electrons. The molecule has 0 aliphatic rings. The van der Waals surface area contributed by atoms with Crippen LogP contribution >= 0.6 is 0 Å². The molecule has 0 bridgehead atoms. The molecule has 1 radical (unpaired) electrons. The fraction of sp³-hybridized carbons (Fsp3) is 0.200. The molecule has 11 heavy (non-hydrogen) atoms. The average molecular weight is 144 g/mol. The fourth-order valence-electron chi connectivity index (χ4n) is 1.38. The number of aromatic nitrogens is 1. The minimum atomic E-state index is 1.25. The molecular weight excluding hydrogens is 134 g/mol. The van der Waals surface area contributed by atoms with Gasteiger partial charge >= 0.3 is 0 Å². The molecule has 0 aliphatic heterocycles. The van der Waals surface area contributed by atoms with Crippen molar-refractivity contribution >= 4 is 10.9 Å². The maximum atomic E-state index is 3.13. The van der Waals surface area contributed by atoms with Crippen molar-refractivity contribution in [3.05, 3.63) is 36.0 Å². The second-order valence-electron chi connectivity index (χ2n) is 2.84. The highest BCUT2D eigenvalue weighted by Crippen LogP contribution is 2.17. The molecule has 0 fully saturated rings. The summed E-state index contributed by atoms with van der Waals surface area (Å²) in [6, 6.07) is 8.34. The molecule has 0 atom stereocenters. The number of aryl methyl sites for hydroxylation is 2. The minimum absolute atomic E-state index is 1.25. The van der Waals surface area contributed by atoms with Gasteiger partial charge < -0.3 is 4.57 Å². The van der Waals surface area contributed by atoms with Gasteiger partial charge in [0.1, 0.15) is 0 Å². The van der Waals surface area contributed by atoms with Crippen LogP contribution in [-0.4, -0.2) is 4.57 Å². The van der Waals surface area contributed by atoms with Gasteiger partial charge in [0.05, 0.1) is 6.20 Å². The summed E-state index contributed by atoms with van der Waals surface area (Å²) < 4.78 is 2.02. The third-order valence-corrected chi connectivity index (χ3v) is 2.07. The summed E-state index contributed by atoms with van der Waals surface area (Å²) in [6.07, 6.45) is 3.13. The van der Waals surface area contributed by atoms with E-state index in [1.54, 1.807) is 0 Å². The molecule has 2 aromatic rings. The van der Waals surface area contributed by atoms with Crippen LogP contribution in [0.15, 0.2) is 24.3 Å². The first-order valence-corrected chi connectivity index (χ1v) is 3.72. The first kappa shape index (κ1) is 6.47. The fourth-order valence-corrected chi connectivity index (χ4v) is 1.38. The van der Waals surface area contributed by atoms with E-state index < -0.39 is 0 Å². The van der Waals surface area contributed by atoms with Crippen LogP contribution in [0.1, 0.15) is 5.56 Å². The van der Waals surface area contributed by atoms with E-state index in [4.69, 9.17) is 0 Å². The van der Waals surface area contributed by atoms with Crippen LogP contribution in [-0.2, 0) is 7.05 Å². The van der Waals surface area contributed by atoms with Crippen LogP contribution in [0.25, 0.3) is 10.9 Å². The normalized spacial score (nSPS) is 10.7. The lowest BCUT2D eigenvalue weighted by atomic mass is 10.1. The Labute approximate surface area is 66.3 Å². The second kappa shape index (κ2) is 2.12. The monoisotopic (exact) mass is 144 g/mol. The predicted octanol–water partition coefficient (Wildman–Crippen LogP) is 2.29. The van der Waals surface area contributed by atoms with Gasteiger partial charge in [-0.25, -0.2) is 0 Å². The molecule has 2 rings (SSSR count). The summed E-state index contributed by atoms with van der Waals surface area (Å²) in [6.45, 7) is 2.12. The third-order valence-electron chi connectivity index (χ3n) is 2.07. The van der Waals surface area contributed by atoms with Gasteiger partial charge in [-0.3, -0.25) is 0 Å². The van der Waals surface area contributed by atoms with Crippen molar-refractivity contribution in [2.24, 2.45) is 7.05 Å². The van der Waals surface area contributed by atoms with Crippen LogP contribution in [0.3, 0.4) is 0 Å². The number of nitrogens with zero attached hydrogens (tertiary/aromatic N) is 1. The van der Waals surface area contributed by atoms with Gasteiger partial charge in [0.15, 0.2) is 0 Å². The number of hydrogen-bond donors (Lipinski definition) is 0. The summed E-state index contributed by atoms with van der Waals surface area (Å²) in [5.74, 6) is 0. The Morgan fingerprint density at radius 2 is 2.18 bits per heavy atom. The molecule has 0 spiro atoms. The Bertz CT molecular complexity index is 385. The standard InChI is InChI=1S/C10H10N/c1-8-4-3-5-10-9(8)6-7-11(10)2/h3-6H,1-2H3. The Balaban J connectivity index is 2.94. The summed E-state index contributed by atoms with van der Waals surface area (Å²) >= 11 is 0. The first-order chi connectivity index (χ1) is 5.29. The lowest BCUT2D eigenvalue weighted by Crippen LogP contribution is -1.83. The molecule has 0 unspecified atom stereocenters. The highest BCUT2D eigenvalue weighted by Gasteiger charge is 1.98. The van der Waals surface area contributed by atoms with Crippen LogP contribution in [0.2, 0.25) is 0 Å². The molecule has 1 aromatic carbocycles. The quantitative estimate of drug-likeness (QED) is 0.534. The second-order valence-corrected chi connectivity index (χ2v) is 2.84. The van der Waals surface area contributed by atoms with E-state index in [1.165, 1.54) is 16.5 Å². The zero-order valence-electron chi connectivity index (χ0n) is 6.76. The molecule has 0 saturated carbocycles. The molecule has 1 heterocycles. The summed E-state index contributed by atoms with van der Waals surface area (Å²) in [7, 11) is 2.02. The number of fused-ring (bicyclic) bond motifs is 1. The lowest BCUT2D eigenvalue weighted by Gasteiger charge is -1.96. The Morgan fingerprint density at radius 3 is 2.91 bits per heavy atom. The molecule has 1 heteroatoms. The zero-order valence-corrected chi connectivity index (χ0v) is 6.76. The topological polar surface area (TPSA) is 4.93 Å². The highest BCUT2D eigenvalue weighted by atomic mass is 14.9. The minimum Gasteiger partial charge on any atom is -0.342 e. The molecule has 0 aliphatic carbocycles. The van der Waals surface area contributed by atoms with Crippen molar-refractivity contribution in [1.29, 1.82) is 0 Å².